The third-order valence-corrected chi connectivity index (χ3v) is 4.69. The number of fused-ring (bicyclic) bond motifs is 2. The van der Waals surface area contributed by atoms with Gasteiger partial charge in [0.25, 0.3) is 0 Å². The Kier molecular flexibility index (Phi) is 1.98. The van der Waals surface area contributed by atoms with Crippen LogP contribution in [0.5, 0.6) is 0 Å². The molecule has 0 spiro atoms. The maximum absolute atomic E-state index is 10.2. The van der Waals surface area contributed by atoms with Crippen LogP contribution in [0.2, 0.25) is 0 Å². The van der Waals surface area contributed by atoms with Crippen LogP contribution in [-0.2, 0) is 0 Å². The van der Waals surface area contributed by atoms with Gasteiger partial charge in [-0.15, -0.1) is 0 Å². The van der Waals surface area contributed by atoms with Gasteiger partial charge in [-0.3, -0.25) is 0 Å². The molecule has 0 radical (unpaired) electrons. The maximum Gasteiger partial charge on any atom is 0.0799 e. The van der Waals surface area contributed by atoms with Crippen molar-refractivity contribution in [3.63, 3.8) is 0 Å². The molecule has 2 aromatic carbocycles. The molecule has 0 saturated heterocycles. The summed E-state index contributed by atoms with van der Waals surface area (Å²) in [6.07, 6.45) is 0.601. The quantitative estimate of drug-likeness (QED) is 0.733. The van der Waals surface area contributed by atoms with Crippen molar-refractivity contribution in [3.8, 4) is 11.1 Å². The van der Waals surface area contributed by atoms with Crippen LogP contribution in [0.25, 0.3) is 11.1 Å². The van der Waals surface area contributed by atoms with Crippen LogP contribution in [0.1, 0.15) is 48.0 Å². The van der Waals surface area contributed by atoms with Gasteiger partial charge in [0.1, 0.15) is 0 Å². The van der Waals surface area contributed by atoms with E-state index in [1.807, 2.05) is 0 Å². The number of aliphatic hydroxyl groups excluding tert-OH is 1. The Bertz CT molecular complexity index is 629. The number of rotatable bonds is 0. The predicted molar refractivity (Wildman–Crippen MR) is 72.6 cm³/mol. The largest absolute Gasteiger partial charge is 0.388 e. The number of aliphatic hydroxyl groups is 1. The molecule has 3 atom stereocenters. The first-order valence-electron chi connectivity index (χ1n) is 6.67. The molecule has 90 valence electrons. The Morgan fingerprint density at radius 1 is 0.944 bits per heavy atom. The molecule has 0 fully saturated rings. The molecule has 2 aliphatic carbocycles. The van der Waals surface area contributed by atoms with E-state index in [-0.39, 0.29) is 6.10 Å². The molecule has 2 aromatic rings. The number of hydrogen-bond acceptors (Lipinski definition) is 1. The molecule has 0 aromatic heterocycles. The minimum Gasteiger partial charge on any atom is -0.388 e. The minimum atomic E-state index is -0.276. The Morgan fingerprint density at radius 2 is 1.67 bits per heavy atom. The van der Waals surface area contributed by atoms with Gasteiger partial charge in [-0.2, -0.15) is 0 Å². The van der Waals surface area contributed by atoms with Crippen molar-refractivity contribution in [1.29, 1.82) is 0 Å². The highest BCUT2D eigenvalue weighted by Crippen LogP contribution is 2.55. The van der Waals surface area contributed by atoms with Gasteiger partial charge >= 0.3 is 0 Å². The zero-order chi connectivity index (χ0) is 12.3. The third-order valence-electron chi connectivity index (χ3n) is 4.69. The van der Waals surface area contributed by atoms with E-state index < -0.39 is 0 Å². The molecule has 18 heavy (non-hydrogen) atoms. The first-order valence-corrected chi connectivity index (χ1v) is 6.67. The van der Waals surface area contributed by atoms with E-state index in [1.54, 1.807) is 0 Å². The molecule has 4 rings (SSSR count). The zero-order valence-corrected chi connectivity index (χ0v) is 10.4. The van der Waals surface area contributed by atoms with Gasteiger partial charge in [0.05, 0.1) is 6.10 Å². The molecule has 0 amide bonds. The van der Waals surface area contributed by atoms with Gasteiger partial charge in [-0.1, -0.05) is 49.4 Å². The van der Waals surface area contributed by atoms with Gasteiger partial charge in [0, 0.05) is 0 Å². The van der Waals surface area contributed by atoms with Crippen molar-refractivity contribution in [2.24, 2.45) is 0 Å². The molecule has 1 N–H and O–H groups in total. The van der Waals surface area contributed by atoms with Crippen LogP contribution in [0.4, 0.5) is 0 Å². The number of benzene rings is 2. The average Bonchev–Trinajstić information content (AvgIpc) is 2.75. The first kappa shape index (κ1) is 10.3. The maximum atomic E-state index is 10.2. The fourth-order valence-corrected chi connectivity index (χ4v) is 3.82. The van der Waals surface area contributed by atoms with Gasteiger partial charge in [-0.25, -0.2) is 0 Å². The lowest BCUT2D eigenvalue weighted by molar-refractivity contribution is 0.170. The second kappa shape index (κ2) is 3.46. The molecule has 0 saturated carbocycles. The Hall–Kier alpha value is -1.60. The fraction of sp³-hybridized carbons (Fsp3) is 0.294. The summed E-state index contributed by atoms with van der Waals surface area (Å²) in [6, 6.07) is 15.0. The van der Waals surface area contributed by atoms with Crippen molar-refractivity contribution in [2.45, 2.75) is 31.3 Å². The van der Waals surface area contributed by atoms with E-state index in [0.717, 1.165) is 12.0 Å². The van der Waals surface area contributed by atoms with E-state index in [0.29, 0.717) is 11.8 Å². The lowest BCUT2D eigenvalue weighted by Crippen LogP contribution is -2.12. The van der Waals surface area contributed by atoms with Crippen molar-refractivity contribution < 1.29 is 5.11 Å². The summed E-state index contributed by atoms with van der Waals surface area (Å²) < 4.78 is 0. The summed E-state index contributed by atoms with van der Waals surface area (Å²) in [5, 5.41) is 10.2. The highest BCUT2D eigenvalue weighted by Gasteiger charge is 2.39. The van der Waals surface area contributed by atoms with Crippen molar-refractivity contribution in [2.75, 3.05) is 0 Å². The first-order chi connectivity index (χ1) is 8.77. The van der Waals surface area contributed by atoms with Gasteiger partial charge < -0.3 is 5.11 Å². The second-order valence-electron chi connectivity index (χ2n) is 5.54. The highest BCUT2D eigenvalue weighted by molar-refractivity contribution is 5.77. The summed E-state index contributed by atoms with van der Waals surface area (Å²) in [5.74, 6) is 0.994. The summed E-state index contributed by atoms with van der Waals surface area (Å²) in [4.78, 5) is 0. The van der Waals surface area contributed by atoms with E-state index in [4.69, 9.17) is 0 Å². The minimum absolute atomic E-state index is 0.276. The Labute approximate surface area is 107 Å². The third kappa shape index (κ3) is 1.15. The van der Waals surface area contributed by atoms with Crippen LogP contribution < -0.4 is 0 Å². The van der Waals surface area contributed by atoms with E-state index in [1.165, 1.54) is 22.3 Å². The zero-order valence-electron chi connectivity index (χ0n) is 10.4. The van der Waals surface area contributed by atoms with Crippen LogP contribution in [0.15, 0.2) is 42.5 Å². The summed E-state index contributed by atoms with van der Waals surface area (Å²) in [5.41, 5.74) is 6.67. The molecule has 2 aliphatic rings. The van der Waals surface area contributed by atoms with E-state index in [9.17, 15) is 5.11 Å². The monoisotopic (exact) mass is 236 g/mol. The molecule has 1 nitrogen and oxygen atoms in total. The molecule has 2 unspecified atom stereocenters. The van der Waals surface area contributed by atoms with Gasteiger partial charge in [0.2, 0.25) is 0 Å². The summed E-state index contributed by atoms with van der Waals surface area (Å²) in [7, 11) is 0. The molecule has 0 aliphatic heterocycles. The molecule has 0 bridgehead atoms. The standard InChI is InChI=1S/C17H16O/c1-10-11-5-2-3-6-12(11)13-7-4-8-14-16(18)9-15(10)17(13)14/h2-8,10,15-16,18H,9H2,1H3/t10?,15?,16-/m0/s1. The van der Waals surface area contributed by atoms with Gasteiger partial charge in [-0.05, 0) is 46.1 Å². The van der Waals surface area contributed by atoms with Crippen molar-refractivity contribution in [1.82, 2.24) is 0 Å². The van der Waals surface area contributed by atoms with E-state index >= 15 is 0 Å². The Balaban J connectivity index is 2.07. The molecule has 1 heteroatoms. The average molecular weight is 236 g/mol. The Morgan fingerprint density at radius 3 is 2.56 bits per heavy atom. The topological polar surface area (TPSA) is 20.2 Å². The van der Waals surface area contributed by atoms with E-state index in [2.05, 4.69) is 49.4 Å². The fourth-order valence-electron chi connectivity index (χ4n) is 3.82. The van der Waals surface area contributed by atoms with Crippen molar-refractivity contribution >= 4 is 0 Å². The SMILES string of the molecule is CC1c2ccccc2-c2cccc3c2C1C[C@@H]3O. The van der Waals surface area contributed by atoms with Gasteiger partial charge in [0.15, 0.2) is 0 Å². The van der Waals surface area contributed by atoms with Crippen LogP contribution in [0.3, 0.4) is 0 Å². The highest BCUT2D eigenvalue weighted by atomic mass is 16.3. The van der Waals surface area contributed by atoms with Crippen LogP contribution in [0, 0.1) is 0 Å². The molecular weight excluding hydrogens is 220 g/mol. The second-order valence-corrected chi connectivity index (χ2v) is 5.54. The normalized spacial score (nSPS) is 27.8. The summed E-state index contributed by atoms with van der Waals surface area (Å²) in [6.45, 7) is 2.29. The van der Waals surface area contributed by atoms with Crippen molar-refractivity contribution in [3.05, 3.63) is 59.2 Å². The number of hydrogen-bond donors (Lipinski definition) is 1. The smallest absolute Gasteiger partial charge is 0.0799 e. The summed E-state index contributed by atoms with van der Waals surface area (Å²) >= 11 is 0. The van der Waals surface area contributed by atoms with Crippen LogP contribution >= 0.6 is 0 Å². The molecule has 0 heterocycles. The lowest BCUT2D eigenvalue weighted by atomic mass is 9.73. The van der Waals surface area contributed by atoms with Crippen LogP contribution in [-0.4, -0.2) is 5.11 Å². The predicted octanol–water partition coefficient (Wildman–Crippen LogP) is 3.99. The lowest BCUT2D eigenvalue weighted by Gasteiger charge is -2.30. The molecular formula is C17H16O.